The highest BCUT2D eigenvalue weighted by Crippen LogP contribution is 2.36. The maximum atomic E-state index is 12.3. The molecule has 0 spiro atoms. The topological polar surface area (TPSA) is 20.3 Å². The molecule has 2 heterocycles. The summed E-state index contributed by atoms with van der Waals surface area (Å²) >= 11 is 13.2. The van der Waals surface area contributed by atoms with Crippen LogP contribution in [-0.2, 0) is 0 Å². The lowest BCUT2D eigenvalue weighted by Gasteiger charge is -2.41. The number of carbonyl (C=O) groups is 1. The highest BCUT2D eigenvalue weighted by atomic mass is 35.5. The molecule has 1 saturated carbocycles. The number of carbonyl (C=O) groups excluding carboxylic acids is 1. The molecule has 2 fully saturated rings. The molecule has 2 nitrogen and oxygen atoms in total. The van der Waals surface area contributed by atoms with Gasteiger partial charge in [-0.1, -0.05) is 42.5 Å². The van der Waals surface area contributed by atoms with Crippen LogP contribution in [0.25, 0.3) is 0 Å². The fourth-order valence-electron chi connectivity index (χ4n) is 3.64. The quantitative estimate of drug-likeness (QED) is 0.745. The first-order valence-electron chi connectivity index (χ1n) is 7.34. The monoisotopic (exact) mass is 331 g/mol. The predicted molar refractivity (Wildman–Crippen MR) is 85.2 cm³/mol. The van der Waals surface area contributed by atoms with E-state index in [1.165, 1.54) is 43.4 Å². The van der Waals surface area contributed by atoms with Crippen LogP contribution in [-0.4, -0.2) is 30.3 Å². The maximum Gasteiger partial charge on any atom is 0.179 e. The first-order valence-corrected chi connectivity index (χ1v) is 8.91. The van der Waals surface area contributed by atoms with Crippen molar-refractivity contribution in [3.8, 4) is 0 Å². The minimum absolute atomic E-state index is 0.104. The lowest BCUT2D eigenvalue weighted by molar-refractivity contribution is 0.0713. The molecule has 110 valence electrons. The zero-order chi connectivity index (χ0) is 14.1. The average Bonchev–Trinajstić information content (AvgIpc) is 2.78. The van der Waals surface area contributed by atoms with Crippen molar-refractivity contribution in [3.63, 3.8) is 0 Å². The Labute approximate surface area is 134 Å². The molecule has 0 aromatic carbocycles. The van der Waals surface area contributed by atoms with Gasteiger partial charge >= 0.3 is 0 Å². The lowest BCUT2D eigenvalue weighted by atomic mass is 9.75. The molecule has 1 aliphatic carbocycles. The van der Waals surface area contributed by atoms with Gasteiger partial charge < -0.3 is 0 Å². The zero-order valence-corrected chi connectivity index (χ0v) is 13.7. The van der Waals surface area contributed by atoms with E-state index in [-0.39, 0.29) is 5.78 Å². The van der Waals surface area contributed by atoms with Gasteiger partial charge in [-0.3, -0.25) is 9.69 Å². The van der Waals surface area contributed by atoms with Gasteiger partial charge in [0, 0.05) is 6.54 Å². The summed E-state index contributed by atoms with van der Waals surface area (Å²) < 4.78 is 1.11. The van der Waals surface area contributed by atoms with Crippen molar-refractivity contribution in [3.05, 3.63) is 20.3 Å². The number of piperidine rings is 1. The van der Waals surface area contributed by atoms with Gasteiger partial charge in [-0.25, -0.2) is 0 Å². The van der Waals surface area contributed by atoms with E-state index in [1.54, 1.807) is 6.07 Å². The molecule has 2 aliphatic rings. The van der Waals surface area contributed by atoms with Crippen LogP contribution in [0.15, 0.2) is 6.07 Å². The Morgan fingerprint density at radius 2 is 2.00 bits per heavy atom. The van der Waals surface area contributed by atoms with Gasteiger partial charge in [0.05, 0.1) is 16.4 Å². The van der Waals surface area contributed by atoms with Crippen LogP contribution in [0.4, 0.5) is 0 Å². The van der Waals surface area contributed by atoms with Crippen LogP contribution < -0.4 is 0 Å². The van der Waals surface area contributed by atoms with Gasteiger partial charge in [0.25, 0.3) is 0 Å². The van der Waals surface area contributed by atoms with Crippen LogP contribution in [0, 0.1) is 11.8 Å². The number of thiophene rings is 1. The Morgan fingerprint density at radius 3 is 2.70 bits per heavy atom. The van der Waals surface area contributed by atoms with Crippen molar-refractivity contribution < 1.29 is 4.79 Å². The van der Waals surface area contributed by atoms with Crippen LogP contribution in [0.1, 0.15) is 42.5 Å². The van der Waals surface area contributed by atoms with E-state index in [1.807, 2.05) is 0 Å². The third-order valence-electron chi connectivity index (χ3n) is 4.70. The second-order valence-corrected chi connectivity index (χ2v) is 8.28. The normalized spacial score (nSPS) is 27.3. The molecule has 5 heteroatoms. The number of hydrogen-bond donors (Lipinski definition) is 0. The van der Waals surface area contributed by atoms with Crippen molar-refractivity contribution in [2.45, 2.75) is 32.1 Å². The van der Waals surface area contributed by atoms with Gasteiger partial charge in [0.2, 0.25) is 0 Å². The van der Waals surface area contributed by atoms with E-state index in [9.17, 15) is 4.79 Å². The van der Waals surface area contributed by atoms with Gasteiger partial charge in [0.1, 0.15) is 4.34 Å². The fourth-order valence-corrected chi connectivity index (χ4v) is 5.14. The zero-order valence-electron chi connectivity index (χ0n) is 11.4. The minimum Gasteiger partial charge on any atom is -0.296 e. The summed E-state index contributed by atoms with van der Waals surface area (Å²) in [6, 6.07) is 1.70. The summed E-state index contributed by atoms with van der Waals surface area (Å²) in [5, 5.41) is 0. The number of nitrogens with zero attached hydrogens (tertiary/aromatic N) is 1. The fraction of sp³-hybridized carbons (Fsp3) is 0.667. The number of hydrogen-bond acceptors (Lipinski definition) is 3. The highest BCUT2D eigenvalue weighted by molar-refractivity contribution is 7.20. The SMILES string of the molecule is O=C(CN1CCC2CCCCC2C1)c1cc(Cl)sc1Cl. The number of Topliss-reactive ketones (excluding diaryl/α,β-unsaturated/α-hetero) is 1. The van der Waals surface area contributed by atoms with Crippen LogP contribution in [0.5, 0.6) is 0 Å². The molecule has 2 unspecified atom stereocenters. The Kier molecular flexibility index (Phi) is 4.71. The number of ketones is 1. The van der Waals surface area contributed by atoms with Crippen molar-refractivity contribution >= 4 is 40.3 Å². The summed E-state index contributed by atoms with van der Waals surface area (Å²) in [5.74, 6) is 1.80. The molecule has 1 aromatic heterocycles. The second kappa shape index (κ2) is 6.35. The van der Waals surface area contributed by atoms with Gasteiger partial charge in [-0.05, 0) is 37.3 Å². The number of halogens is 2. The molecule has 3 rings (SSSR count). The van der Waals surface area contributed by atoms with Crippen LogP contribution >= 0.6 is 34.5 Å². The Morgan fingerprint density at radius 1 is 1.25 bits per heavy atom. The molecular weight excluding hydrogens is 313 g/mol. The molecule has 2 atom stereocenters. The van der Waals surface area contributed by atoms with Crippen molar-refractivity contribution in [1.82, 2.24) is 4.90 Å². The average molecular weight is 332 g/mol. The van der Waals surface area contributed by atoms with E-state index >= 15 is 0 Å². The third kappa shape index (κ3) is 3.22. The number of likely N-dealkylation sites (tertiary alicyclic amines) is 1. The molecule has 1 aliphatic heterocycles. The van der Waals surface area contributed by atoms with E-state index in [0.717, 1.165) is 24.9 Å². The molecule has 0 radical (unpaired) electrons. The Bertz CT molecular complexity index is 502. The van der Waals surface area contributed by atoms with Gasteiger partial charge in [0.15, 0.2) is 5.78 Å². The smallest absolute Gasteiger partial charge is 0.179 e. The maximum absolute atomic E-state index is 12.3. The summed E-state index contributed by atoms with van der Waals surface area (Å²) in [4.78, 5) is 14.6. The van der Waals surface area contributed by atoms with Gasteiger partial charge in [-0.2, -0.15) is 0 Å². The standard InChI is InChI=1S/C15H19Cl2NOS/c16-14-7-12(15(17)20-14)13(19)9-18-6-5-10-3-1-2-4-11(10)8-18/h7,10-11H,1-6,8-9H2. The molecule has 1 saturated heterocycles. The summed E-state index contributed by atoms with van der Waals surface area (Å²) in [5.41, 5.74) is 0.590. The molecular formula is C15H19Cl2NOS. The van der Waals surface area contributed by atoms with Gasteiger partial charge in [-0.15, -0.1) is 11.3 Å². The Hall–Kier alpha value is -0.0900. The van der Waals surface area contributed by atoms with Crippen LogP contribution in [0.2, 0.25) is 8.67 Å². The molecule has 1 aromatic rings. The number of fused-ring (bicyclic) bond motifs is 1. The second-order valence-electron chi connectivity index (χ2n) is 5.99. The van der Waals surface area contributed by atoms with Crippen molar-refractivity contribution in [2.75, 3.05) is 19.6 Å². The van der Waals surface area contributed by atoms with E-state index in [4.69, 9.17) is 23.2 Å². The summed E-state index contributed by atoms with van der Waals surface area (Å²) in [6.45, 7) is 2.60. The lowest BCUT2D eigenvalue weighted by Crippen LogP contribution is -2.43. The van der Waals surface area contributed by atoms with Crippen molar-refractivity contribution in [1.29, 1.82) is 0 Å². The minimum atomic E-state index is 0.104. The summed E-state index contributed by atoms with van der Waals surface area (Å²) in [6.07, 6.45) is 6.72. The molecule has 0 N–H and O–H groups in total. The predicted octanol–water partition coefficient (Wildman–Crippen LogP) is 4.75. The Balaban J connectivity index is 1.60. The summed E-state index contributed by atoms with van der Waals surface area (Å²) in [7, 11) is 0. The first kappa shape index (κ1) is 14.8. The third-order valence-corrected chi connectivity index (χ3v) is 6.19. The van der Waals surface area contributed by atoms with Crippen molar-refractivity contribution in [2.24, 2.45) is 11.8 Å². The van der Waals surface area contributed by atoms with E-state index in [2.05, 4.69) is 4.90 Å². The number of rotatable bonds is 3. The highest BCUT2D eigenvalue weighted by Gasteiger charge is 2.32. The van der Waals surface area contributed by atoms with Crippen LogP contribution in [0.3, 0.4) is 0 Å². The van der Waals surface area contributed by atoms with E-state index < -0.39 is 0 Å². The molecule has 0 bridgehead atoms. The molecule has 20 heavy (non-hydrogen) atoms. The van der Waals surface area contributed by atoms with E-state index in [0.29, 0.717) is 20.8 Å². The molecule has 0 amide bonds. The largest absolute Gasteiger partial charge is 0.296 e. The first-order chi connectivity index (χ1) is 9.63.